The first kappa shape index (κ1) is 22.4. The van der Waals surface area contributed by atoms with Crippen LogP contribution >= 0.6 is 12.4 Å². The predicted molar refractivity (Wildman–Crippen MR) is 122 cm³/mol. The minimum Gasteiger partial charge on any atom is -0.461 e. The normalized spacial score (nSPS) is 22.6. The number of fused-ring (bicyclic) bond motifs is 3. The lowest BCUT2D eigenvalue weighted by molar-refractivity contribution is -0.151. The van der Waals surface area contributed by atoms with E-state index in [9.17, 15) is 10.1 Å². The summed E-state index contributed by atoms with van der Waals surface area (Å²) in [6.07, 6.45) is 4.03. The highest BCUT2D eigenvalue weighted by molar-refractivity contribution is 5.98. The minimum absolute atomic E-state index is 0. The standard InChI is InChI=1S/C24H29N3O2.ClH/c1-3-26(4-2)16-24(28)29-20-13-18-10-11-19(14-20)27(18)23-12-9-17(15-25)21-7-5-6-8-22(21)23;/h5-9,12,18-20H,3-4,10-11,13-14,16H2,1-2H3;1H. The number of likely N-dealkylation sites (N-methyl/N-ethyl adjacent to an activating group) is 1. The van der Waals surface area contributed by atoms with Crippen LogP contribution in [0.15, 0.2) is 36.4 Å². The van der Waals surface area contributed by atoms with E-state index in [2.05, 4.69) is 41.8 Å². The van der Waals surface area contributed by atoms with Gasteiger partial charge in [-0.3, -0.25) is 9.69 Å². The van der Waals surface area contributed by atoms with E-state index in [0.29, 0.717) is 18.6 Å². The lowest BCUT2D eigenvalue weighted by atomic mass is 9.96. The number of ether oxygens (including phenoxy) is 1. The zero-order chi connectivity index (χ0) is 20.4. The van der Waals surface area contributed by atoms with E-state index in [-0.39, 0.29) is 24.5 Å². The Balaban J connectivity index is 0.00000256. The van der Waals surface area contributed by atoms with Gasteiger partial charge in [0.1, 0.15) is 6.10 Å². The molecule has 0 amide bonds. The monoisotopic (exact) mass is 427 g/mol. The second-order valence-electron chi connectivity index (χ2n) is 8.13. The number of nitrogens with zero attached hydrogens (tertiary/aromatic N) is 3. The predicted octanol–water partition coefficient (Wildman–Crippen LogP) is 4.52. The molecule has 0 aliphatic carbocycles. The van der Waals surface area contributed by atoms with E-state index in [1.165, 1.54) is 5.69 Å². The van der Waals surface area contributed by atoms with Crippen LogP contribution in [0.1, 0.15) is 45.1 Å². The van der Waals surface area contributed by atoms with Gasteiger partial charge in [-0.05, 0) is 38.1 Å². The first-order valence-corrected chi connectivity index (χ1v) is 10.8. The zero-order valence-electron chi connectivity index (χ0n) is 17.7. The Kier molecular flexibility index (Phi) is 7.23. The third kappa shape index (κ3) is 4.26. The van der Waals surface area contributed by atoms with Crippen molar-refractivity contribution in [2.45, 2.75) is 57.7 Å². The summed E-state index contributed by atoms with van der Waals surface area (Å²) in [5, 5.41) is 11.6. The van der Waals surface area contributed by atoms with Crippen molar-refractivity contribution in [1.29, 1.82) is 5.26 Å². The van der Waals surface area contributed by atoms with Crippen LogP contribution in [-0.4, -0.2) is 48.7 Å². The topological polar surface area (TPSA) is 56.6 Å². The van der Waals surface area contributed by atoms with Crippen molar-refractivity contribution in [2.24, 2.45) is 0 Å². The summed E-state index contributed by atoms with van der Waals surface area (Å²) in [4.78, 5) is 17.0. The van der Waals surface area contributed by atoms with Crippen LogP contribution in [0.4, 0.5) is 5.69 Å². The van der Waals surface area contributed by atoms with Crippen molar-refractivity contribution >= 4 is 34.8 Å². The summed E-state index contributed by atoms with van der Waals surface area (Å²) < 4.78 is 5.86. The number of benzene rings is 2. The van der Waals surface area contributed by atoms with E-state index in [0.717, 1.165) is 55.1 Å². The van der Waals surface area contributed by atoms with Crippen LogP contribution < -0.4 is 4.90 Å². The molecular weight excluding hydrogens is 398 g/mol. The summed E-state index contributed by atoms with van der Waals surface area (Å²) >= 11 is 0. The van der Waals surface area contributed by atoms with E-state index in [1.807, 2.05) is 24.3 Å². The molecule has 0 radical (unpaired) electrons. The average Bonchev–Trinajstić information content (AvgIpc) is 3.00. The molecule has 2 aromatic rings. The van der Waals surface area contributed by atoms with Gasteiger partial charge >= 0.3 is 5.97 Å². The van der Waals surface area contributed by atoms with Gasteiger partial charge < -0.3 is 9.64 Å². The Labute approximate surface area is 185 Å². The van der Waals surface area contributed by atoms with Crippen molar-refractivity contribution in [1.82, 2.24) is 4.90 Å². The molecule has 0 N–H and O–H groups in total. The minimum atomic E-state index is -0.102. The van der Waals surface area contributed by atoms with Crippen LogP contribution in [0.25, 0.3) is 10.8 Å². The van der Waals surface area contributed by atoms with Crippen LogP contribution in [0.2, 0.25) is 0 Å². The van der Waals surface area contributed by atoms with Crippen molar-refractivity contribution in [3.63, 3.8) is 0 Å². The molecule has 4 rings (SSSR count). The fraction of sp³-hybridized carbons (Fsp3) is 0.500. The number of hydrogen-bond donors (Lipinski definition) is 0. The number of hydrogen-bond acceptors (Lipinski definition) is 5. The van der Waals surface area contributed by atoms with Gasteiger partial charge in [0.15, 0.2) is 0 Å². The molecule has 2 heterocycles. The molecule has 2 unspecified atom stereocenters. The van der Waals surface area contributed by atoms with Crippen molar-refractivity contribution < 1.29 is 9.53 Å². The highest BCUT2D eigenvalue weighted by atomic mass is 35.5. The SMILES string of the molecule is CCN(CC)CC(=O)OC1CC2CCC(C1)N2c1ccc(C#N)c2ccccc12.Cl. The first-order chi connectivity index (χ1) is 14.1. The fourth-order valence-electron chi connectivity index (χ4n) is 5.08. The second-order valence-corrected chi connectivity index (χ2v) is 8.13. The number of anilines is 1. The van der Waals surface area contributed by atoms with Crippen LogP contribution in [0, 0.1) is 11.3 Å². The fourth-order valence-corrected chi connectivity index (χ4v) is 5.08. The second kappa shape index (κ2) is 9.68. The maximum absolute atomic E-state index is 12.4. The molecule has 5 nitrogen and oxygen atoms in total. The zero-order valence-corrected chi connectivity index (χ0v) is 18.5. The average molecular weight is 428 g/mol. The largest absolute Gasteiger partial charge is 0.461 e. The molecule has 2 saturated heterocycles. The van der Waals surface area contributed by atoms with Gasteiger partial charge in [-0.2, -0.15) is 5.26 Å². The number of esters is 1. The maximum Gasteiger partial charge on any atom is 0.320 e. The van der Waals surface area contributed by atoms with Crippen molar-refractivity contribution in [3.8, 4) is 6.07 Å². The summed E-state index contributed by atoms with van der Waals surface area (Å²) in [6.45, 7) is 6.24. The van der Waals surface area contributed by atoms with Gasteiger partial charge in [0.05, 0.1) is 18.2 Å². The number of halogens is 1. The van der Waals surface area contributed by atoms with E-state index < -0.39 is 0 Å². The molecule has 0 aromatic heterocycles. The number of nitriles is 1. The molecular formula is C24H30ClN3O2. The molecule has 2 bridgehead atoms. The maximum atomic E-state index is 12.4. The quantitative estimate of drug-likeness (QED) is 0.634. The molecule has 0 saturated carbocycles. The van der Waals surface area contributed by atoms with E-state index in [4.69, 9.17) is 4.74 Å². The summed E-state index contributed by atoms with van der Waals surface area (Å²) in [6, 6.07) is 15.3. The molecule has 2 aromatic carbocycles. The highest BCUT2D eigenvalue weighted by Gasteiger charge is 2.42. The Morgan fingerprint density at radius 2 is 1.73 bits per heavy atom. The summed E-state index contributed by atoms with van der Waals surface area (Å²) in [7, 11) is 0. The Bertz CT molecular complexity index is 924. The molecule has 2 aliphatic heterocycles. The number of rotatable bonds is 6. The molecule has 2 fully saturated rings. The van der Waals surface area contributed by atoms with Gasteiger partial charge in [-0.15, -0.1) is 12.4 Å². The van der Waals surface area contributed by atoms with Gasteiger partial charge in [0.2, 0.25) is 0 Å². The Morgan fingerprint density at radius 3 is 2.33 bits per heavy atom. The van der Waals surface area contributed by atoms with Crippen LogP contribution in [0.5, 0.6) is 0 Å². The first-order valence-electron chi connectivity index (χ1n) is 10.8. The summed E-state index contributed by atoms with van der Waals surface area (Å²) in [5.74, 6) is -0.102. The third-order valence-corrected chi connectivity index (χ3v) is 6.53. The molecule has 2 aliphatic rings. The molecule has 6 heteroatoms. The van der Waals surface area contributed by atoms with Crippen molar-refractivity contribution in [2.75, 3.05) is 24.5 Å². The van der Waals surface area contributed by atoms with Gasteiger partial charge in [-0.25, -0.2) is 0 Å². The smallest absolute Gasteiger partial charge is 0.320 e. The molecule has 0 spiro atoms. The van der Waals surface area contributed by atoms with Crippen LogP contribution in [0.3, 0.4) is 0 Å². The number of piperidine rings is 1. The Hall–Kier alpha value is -2.29. The molecule has 2 atom stereocenters. The molecule has 30 heavy (non-hydrogen) atoms. The lowest BCUT2D eigenvalue weighted by Crippen LogP contribution is -2.46. The highest BCUT2D eigenvalue weighted by Crippen LogP contribution is 2.43. The van der Waals surface area contributed by atoms with Gasteiger partial charge in [0.25, 0.3) is 0 Å². The molecule has 160 valence electrons. The van der Waals surface area contributed by atoms with Crippen LogP contribution in [-0.2, 0) is 9.53 Å². The Morgan fingerprint density at radius 1 is 1.10 bits per heavy atom. The van der Waals surface area contributed by atoms with Gasteiger partial charge in [0, 0.05) is 41.4 Å². The summed E-state index contributed by atoms with van der Waals surface area (Å²) in [5.41, 5.74) is 1.93. The third-order valence-electron chi connectivity index (χ3n) is 6.53. The number of carbonyl (C=O) groups excluding carboxylic acids is 1. The van der Waals surface area contributed by atoms with Crippen molar-refractivity contribution in [3.05, 3.63) is 42.0 Å². The number of carbonyl (C=O) groups is 1. The van der Waals surface area contributed by atoms with Gasteiger partial charge in [-0.1, -0.05) is 38.1 Å². The van der Waals surface area contributed by atoms with E-state index >= 15 is 0 Å². The lowest BCUT2D eigenvalue weighted by Gasteiger charge is -2.41. The van der Waals surface area contributed by atoms with E-state index in [1.54, 1.807) is 0 Å².